The predicted octanol–water partition coefficient (Wildman–Crippen LogP) is 3.11. The number of amides is 1. The standard InChI is InChI=1S/C21H30N2O2/c1-25-18-6-4-17(5-7-18)21(8-2-3-9-21)19(24)23-14-11-20(12-15-23)10-13-22-16-20/h4-7,22H,2-3,8-16H2,1H3. The average Bonchev–Trinajstić information content (AvgIpc) is 3.33. The summed E-state index contributed by atoms with van der Waals surface area (Å²) in [5, 5.41) is 3.51. The number of hydrogen-bond donors (Lipinski definition) is 1. The van der Waals surface area contributed by atoms with Gasteiger partial charge in [-0.2, -0.15) is 0 Å². The molecule has 4 rings (SSSR count). The molecule has 2 saturated heterocycles. The van der Waals surface area contributed by atoms with Crippen molar-refractivity contribution in [1.29, 1.82) is 0 Å². The molecule has 1 aromatic rings. The second kappa shape index (κ2) is 6.64. The zero-order chi connectivity index (χ0) is 17.3. The third-order valence-electron chi connectivity index (χ3n) is 6.95. The Morgan fingerprint density at radius 3 is 2.28 bits per heavy atom. The number of methoxy groups -OCH3 is 1. The molecule has 1 aliphatic carbocycles. The molecule has 0 bridgehead atoms. The molecule has 1 amide bonds. The number of ether oxygens (including phenoxy) is 1. The van der Waals surface area contributed by atoms with Gasteiger partial charge in [-0.25, -0.2) is 0 Å². The highest BCUT2D eigenvalue weighted by atomic mass is 16.5. The molecular weight excluding hydrogens is 312 g/mol. The molecule has 136 valence electrons. The second-order valence-electron chi connectivity index (χ2n) is 8.24. The largest absolute Gasteiger partial charge is 0.497 e. The van der Waals surface area contributed by atoms with Crippen LogP contribution in [0.2, 0.25) is 0 Å². The molecule has 1 spiro atoms. The highest BCUT2D eigenvalue weighted by Gasteiger charge is 2.47. The van der Waals surface area contributed by atoms with Crippen molar-refractivity contribution >= 4 is 5.91 Å². The Kier molecular flexibility index (Phi) is 4.48. The number of carbonyl (C=O) groups excluding carboxylic acids is 1. The quantitative estimate of drug-likeness (QED) is 0.918. The summed E-state index contributed by atoms with van der Waals surface area (Å²) in [5.41, 5.74) is 1.34. The minimum Gasteiger partial charge on any atom is -0.497 e. The summed E-state index contributed by atoms with van der Waals surface area (Å²) in [6.45, 7) is 4.14. The van der Waals surface area contributed by atoms with Crippen LogP contribution in [0, 0.1) is 5.41 Å². The van der Waals surface area contributed by atoms with Gasteiger partial charge in [-0.3, -0.25) is 4.79 Å². The zero-order valence-electron chi connectivity index (χ0n) is 15.4. The SMILES string of the molecule is COc1ccc(C2(C(=O)N3CCC4(CCNC4)CC3)CCCC2)cc1. The van der Waals surface area contributed by atoms with Crippen LogP contribution in [-0.4, -0.2) is 44.1 Å². The Balaban J connectivity index is 1.53. The minimum absolute atomic E-state index is 0.301. The fourth-order valence-corrected chi connectivity index (χ4v) is 5.22. The maximum absolute atomic E-state index is 13.6. The van der Waals surface area contributed by atoms with Gasteiger partial charge in [-0.1, -0.05) is 25.0 Å². The lowest BCUT2D eigenvalue weighted by atomic mass is 9.74. The van der Waals surface area contributed by atoms with E-state index in [2.05, 4.69) is 22.3 Å². The van der Waals surface area contributed by atoms with Gasteiger partial charge in [0.2, 0.25) is 5.91 Å². The molecule has 4 nitrogen and oxygen atoms in total. The fraction of sp³-hybridized carbons (Fsp3) is 0.667. The molecule has 0 atom stereocenters. The van der Waals surface area contributed by atoms with Crippen LogP contribution in [0.5, 0.6) is 5.75 Å². The first-order valence-corrected chi connectivity index (χ1v) is 9.82. The molecular formula is C21H30N2O2. The molecule has 1 saturated carbocycles. The van der Waals surface area contributed by atoms with Crippen molar-refractivity contribution in [2.24, 2.45) is 5.41 Å². The van der Waals surface area contributed by atoms with Crippen molar-refractivity contribution in [2.45, 2.75) is 50.4 Å². The third-order valence-corrected chi connectivity index (χ3v) is 6.95. The van der Waals surface area contributed by atoms with Crippen molar-refractivity contribution in [3.8, 4) is 5.75 Å². The Morgan fingerprint density at radius 1 is 1.04 bits per heavy atom. The van der Waals surface area contributed by atoms with E-state index in [0.717, 1.165) is 70.5 Å². The smallest absolute Gasteiger partial charge is 0.233 e. The number of rotatable bonds is 3. The van der Waals surface area contributed by atoms with E-state index in [9.17, 15) is 4.79 Å². The van der Waals surface area contributed by atoms with E-state index in [1.807, 2.05) is 12.1 Å². The van der Waals surface area contributed by atoms with Crippen LogP contribution in [0.4, 0.5) is 0 Å². The Hall–Kier alpha value is -1.55. The lowest BCUT2D eigenvalue weighted by Gasteiger charge is -2.42. The van der Waals surface area contributed by atoms with E-state index in [4.69, 9.17) is 4.74 Å². The number of carbonyl (C=O) groups is 1. The number of nitrogens with one attached hydrogen (secondary N) is 1. The monoisotopic (exact) mass is 342 g/mol. The second-order valence-corrected chi connectivity index (χ2v) is 8.24. The lowest BCUT2D eigenvalue weighted by Crippen LogP contribution is -2.50. The normalized spacial score (nSPS) is 24.6. The molecule has 1 aromatic carbocycles. The van der Waals surface area contributed by atoms with Crippen LogP contribution in [0.3, 0.4) is 0 Å². The fourth-order valence-electron chi connectivity index (χ4n) is 5.22. The molecule has 0 radical (unpaired) electrons. The Bertz CT molecular complexity index is 603. The number of hydrogen-bond acceptors (Lipinski definition) is 3. The van der Waals surface area contributed by atoms with Crippen LogP contribution in [0.15, 0.2) is 24.3 Å². The summed E-state index contributed by atoms with van der Waals surface area (Å²) in [7, 11) is 1.69. The van der Waals surface area contributed by atoms with Crippen LogP contribution < -0.4 is 10.1 Å². The zero-order valence-corrected chi connectivity index (χ0v) is 15.4. The van der Waals surface area contributed by atoms with Crippen molar-refractivity contribution in [2.75, 3.05) is 33.3 Å². The molecule has 0 aromatic heterocycles. The van der Waals surface area contributed by atoms with Gasteiger partial charge in [0.1, 0.15) is 5.75 Å². The number of benzene rings is 1. The summed E-state index contributed by atoms with van der Waals surface area (Å²) in [6.07, 6.45) is 7.87. The molecule has 4 heteroatoms. The van der Waals surface area contributed by atoms with E-state index in [-0.39, 0.29) is 5.41 Å². The van der Waals surface area contributed by atoms with Crippen molar-refractivity contribution < 1.29 is 9.53 Å². The van der Waals surface area contributed by atoms with Gasteiger partial charge in [-0.05, 0) is 61.8 Å². The summed E-state index contributed by atoms with van der Waals surface area (Å²) >= 11 is 0. The highest BCUT2D eigenvalue weighted by molar-refractivity contribution is 5.88. The lowest BCUT2D eigenvalue weighted by molar-refractivity contribution is -0.139. The van der Waals surface area contributed by atoms with Gasteiger partial charge in [0.05, 0.1) is 12.5 Å². The molecule has 1 N–H and O–H groups in total. The topological polar surface area (TPSA) is 41.6 Å². The molecule has 25 heavy (non-hydrogen) atoms. The molecule has 3 fully saturated rings. The third kappa shape index (κ3) is 2.95. The molecule has 2 heterocycles. The Morgan fingerprint density at radius 2 is 1.72 bits per heavy atom. The van der Waals surface area contributed by atoms with Crippen molar-refractivity contribution in [1.82, 2.24) is 10.2 Å². The van der Waals surface area contributed by atoms with Gasteiger partial charge in [0.25, 0.3) is 0 Å². The van der Waals surface area contributed by atoms with Crippen molar-refractivity contribution in [3.05, 3.63) is 29.8 Å². The highest BCUT2D eigenvalue weighted by Crippen LogP contribution is 2.45. The Labute approximate surface area is 150 Å². The maximum atomic E-state index is 13.6. The minimum atomic E-state index is -0.301. The van der Waals surface area contributed by atoms with Gasteiger partial charge < -0.3 is 15.0 Å². The van der Waals surface area contributed by atoms with Crippen LogP contribution >= 0.6 is 0 Å². The predicted molar refractivity (Wildman–Crippen MR) is 98.9 cm³/mol. The summed E-state index contributed by atoms with van der Waals surface area (Å²) in [4.78, 5) is 15.7. The first kappa shape index (κ1) is 16.9. The van der Waals surface area contributed by atoms with Gasteiger partial charge >= 0.3 is 0 Å². The first-order valence-electron chi connectivity index (χ1n) is 9.82. The number of likely N-dealkylation sites (tertiary alicyclic amines) is 1. The van der Waals surface area contributed by atoms with Gasteiger partial charge in [-0.15, -0.1) is 0 Å². The van der Waals surface area contributed by atoms with Crippen molar-refractivity contribution in [3.63, 3.8) is 0 Å². The van der Waals surface area contributed by atoms with Crippen LogP contribution in [0.1, 0.15) is 50.5 Å². The average molecular weight is 342 g/mol. The van der Waals surface area contributed by atoms with Gasteiger partial charge in [0, 0.05) is 19.6 Å². The maximum Gasteiger partial charge on any atom is 0.233 e. The van der Waals surface area contributed by atoms with E-state index in [0.29, 0.717) is 11.3 Å². The van der Waals surface area contributed by atoms with Crippen LogP contribution in [-0.2, 0) is 10.2 Å². The van der Waals surface area contributed by atoms with E-state index in [1.165, 1.54) is 12.0 Å². The first-order chi connectivity index (χ1) is 12.2. The summed E-state index contributed by atoms with van der Waals surface area (Å²) < 4.78 is 5.29. The van der Waals surface area contributed by atoms with E-state index < -0.39 is 0 Å². The number of nitrogens with zero attached hydrogens (tertiary/aromatic N) is 1. The molecule has 2 aliphatic heterocycles. The molecule has 0 unspecified atom stereocenters. The number of piperidine rings is 1. The van der Waals surface area contributed by atoms with E-state index >= 15 is 0 Å². The summed E-state index contributed by atoms with van der Waals surface area (Å²) in [6, 6.07) is 8.21. The van der Waals surface area contributed by atoms with Crippen LogP contribution in [0.25, 0.3) is 0 Å². The van der Waals surface area contributed by atoms with Gasteiger partial charge in [0.15, 0.2) is 0 Å². The molecule has 3 aliphatic rings. The van der Waals surface area contributed by atoms with E-state index in [1.54, 1.807) is 7.11 Å². The summed E-state index contributed by atoms with van der Waals surface area (Å²) in [5.74, 6) is 1.23.